The van der Waals surface area contributed by atoms with Crippen LogP contribution in [0.5, 0.6) is 5.75 Å². The molecule has 3 aromatic rings. The van der Waals surface area contributed by atoms with E-state index in [4.69, 9.17) is 9.15 Å². The fourth-order valence-electron chi connectivity index (χ4n) is 2.21. The summed E-state index contributed by atoms with van der Waals surface area (Å²) in [6.07, 6.45) is 3.41. The largest absolute Gasteiger partial charge is 0.493 e. The Morgan fingerprint density at radius 3 is 2.76 bits per heavy atom. The monoisotopic (exact) mass is 355 g/mol. The van der Waals surface area contributed by atoms with Crippen LogP contribution in [0, 0.1) is 0 Å². The molecule has 0 aliphatic heterocycles. The van der Waals surface area contributed by atoms with E-state index in [1.54, 1.807) is 12.4 Å². The number of ether oxygens (including phenoxy) is 1. The van der Waals surface area contributed by atoms with Gasteiger partial charge in [0.2, 0.25) is 5.89 Å². The molecule has 25 heavy (non-hydrogen) atoms. The maximum atomic E-state index is 5.83. The summed E-state index contributed by atoms with van der Waals surface area (Å²) in [5, 5.41) is 8.62. The van der Waals surface area contributed by atoms with Gasteiger partial charge in [0, 0.05) is 18.1 Å². The molecule has 0 atom stereocenters. The summed E-state index contributed by atoms with van der Waals surface area (Å²) < 4.78 is 11.5. The highest BCUT2D eigenvalue weighted by molar-refractivity contribution is 7.99. The molecule has 0 fully saturated rings. The van der Waals surface area contributed by atoms with Crippen molar-refractivity contribution in [3.63, 3.8) is 0 Å². The van der Waals surface area contributed by atoms with Gasteiger partial charge in [0.05, 0.1) is 12.2 Å². The molecule has 3 rings (SSSR count). The minimum absolute atomic E-state index is 0.112. The van der Waals surface area contributed by atoms with E-state index in [9.17, 15) is 0 Å². The van der Waals surface area contributed by atoms with E-state index in [1.807, 2.05) is 24.3 Å². The van der Waals surface area contributed by atoms with Crippen LogP contribution < -0.4 is 4.74 Å². The van der Waals surface area contributed by atoms with Gasteiger partial charge in [0.25, 0.3) is 5.22 Å². The fraction of sp³-hybridized carbons (Fsp3) is 0.316. The van der Waals surface area contributed by atoms with Crippen LogP contribution in [0.3, 0.4) is 0 Å². The second-order valence-corrected chi connectivity index (χ2v) is 7.64. The van der Waals surface area contributed by atoms with Crippen molar-refractivity contribution in [2.75, 3.05) is 12.4 Å². The third kappa shape index (κ3) is 4.82. The van der Waals surface area contributed by atoms with Crippen molar-refractivity contribution in [3.8, 4) is 17.2 Å². The summed E-state index contributed by atoms with van der Waals surface area (Å²) >= 11 is 1.48. The van der Waals surface area contributed by atoms with Gasteiger partial charge in [0.15, 0.2) is 0 Å². The molecule has 2 heterocycles. The Morgan fingerprint density at radius 1 is 1.12 bits per heavy atom. The number of thioether (sulfide) groups is 1. The van der Waals surface area contributed by atoms with Crippen molar-refractivity contribution < 1.29 is 9.15 Å². The number of rotatable bonds is 6. The third-order valence-electron chi connectivity index (χ3n) is 3.59. The SMILES string of the molecule is CC(C)(C)c1cccc(OCCSc2nnc(-c3cccnc3)o2)c1. The predicted octanol–water partition coefficient (Wildman–Crippen LogP) is 4.60. The Balaban J connectivity index is 1.50. The molecule has 0 saturated carbocycles. The topological polar surface area (TPSA) is 61.0 Å². The third-order valence-corrected chi connectivity index (χ3v) is 4.38. The molecule has 0 unspecified atom stereocenters. The first-order chi connectivity index (χ1) is 12.0. The second-order valence-electron chi connectivity index (χ2n) is 6.59. The number of nitrogens with zero attached hydrogens (tertiary/aromatic N) is 3. The average molecular weight is 355 g/mol. The Morgan fingerprint density at radius 2 is 2.00 bits per heavy atom. The summed E-state index contributed by atoms with van der Waals surface area (Å²) in [4.78, 5) is 4.05. The van der Waals surface area contributed by atoms with E-state index in [1.165, 1.54) is 17.3 Å². The molecule has 0 radical (unpaired) electrons. The van der Waals surface area contributed by atoms with Gasteiger partial charge < -0.3 is 9.15 Å². The molecule has 0 spiro atoms. The van der Waals surface area contributed by atoms with E-state index in [0.29, 0.717) is 17.7 Å². The summed E-state index contributed by atoms with van der Waals surface area (Å²) in [7, 11) is 0. The Bertz CT molecular complexity index is 813. The van der Waals surface area contributed by atoms with E-state index < -0.39 is 0 Å². The average Bonchev–Trinajstić information content (AvgIpc) is 3.08. The second kappa shape index (κ2) is 7.70. The Labute approximate surface area is 151 Å². The lowest BCUT2D eigenvalue weighted by atomic mass is 9.87. The highest BCUT2D eigenvalue weighted by Crippen LogP contribution is 2.26. The lowest BCUT2D eigenvalue weighted by Crippen LogP contribution is -2.11. The lowest BCUT2D eigenvalue weighted by Gasteiger charge is -2.19. The Kier molecular flexibility index (Phi) is 5.38. The maximum absolute atomic E-state index is 5.83. The van der Waals surface area contributed by atoms with E-state index in [-0.39, 0.29) is 5.41 Å². The van der Waals surface area contributed by atoms with Crippen LogP contribution in [0.2, 0.25) is 0 Å². The molecule has 0 bridgehead atoms. The van der Waals surface area contributed by atoms with Crippen LogP contribution in [0.25, 0.3) is 11.5 Å². The van der Waals surface area contributed by atoms with Gasteiger partial charge in [-0.25, -0.2) is 0 Å². The first-order valence-electron chi connectivity index (χ1n) is 8.12. The molecule has 5 nitrogen and oxygen atoms in total. The molecule has 0 saturated heterocycles. The van der Waals surface area contributed by atoms with Crippen LogP contribution in [0.15, 0.2) is 58.4 Å². The zero-order valence-electron chi connectivity index (χ0n) is 14.6. The molecule has 2 aromatic heterocycles. The molecule has 0 aliphatic carbocycles. The zero-order chi connectivity index (χ0) is 17.7. The lowest BCUT2D eigenvalue weighted by molar-refractivity contribution is 0.342. The highest BCUT2D eigenvalue weighted by Gasteiger charge is 2.14. The van der Waals surface area contributed by atoms with Crippen LogP contribution in [-0.2, 0) is 5.41 Å². The number of aromatic nitrogens is 3. The van der Waals surface area contributed by atoms with Crippen molar-refractivity contribution in [2.24, 2.45) is 0 Å². The molecule has 0 amide bonds. The van der Waals surface area contributed by atoms with Crippen LogP contribution in [0.1, 0.15) is 26.3 Å². The molecule has 6 heteroatoms. The van der Waals surface area contributed by atoms with Gasteiger partial charge >= 0.3 is 0 Å². The van der Waals surface area contributed by atoms with E-state index in [2.05, 4.69) is 48.1 Å². The Hall–Kier alpha value is -2.34. The minimum atomic E-state index is 0.112. The molecular weight excluding hydrogens is 334 g/mol. The van der Waals surface area contributed by atoms with E-state index in [0.717, 1.165) is 17.1 Å². The minimum Gasteiger partial charge on any atom is -0.493 e. The van der Waals surface area contributed by atoms with Gasteiger partial charge in [-0.15, -0.1) is 10.2 Å². The molecule has 130 valence electrons. The smallest absolute Gasteiger partial charge is 0.276 e. The van der Waals surface area contributed by atoms with Gasteiger partial charge in [0.1, 0.15) is 5.75 Å². The number of hydrogen-bond acceptors (Lipinski definition) is 6. The van der Waals surface area contributed by atoms with Crippen molar-refractivity contribution in [2.45, 2.75) is 31.4 Å². The van der Waals surface area contributed by atoms with Gasteiger partial charge in [-0.2, -0.15) is 0 Å². The number of pyridine rings is 1. The summed E-state index contributed by atoms with van der Waals surface area (Å²) in [5.74, 6) is 2.10. The fourth-order valence-corrected chi connectivity index (χ4v) is 2.79. The van der Waals surface area contributed by atoms with Crippen LogP contribution in [0.4, 0.5) is 0 Å². The molecule has 1 aromatic carbocycles. The summed E-state index contributed by atoms with van der Waals surface area (Å²) in [6.45, 7) is 7.15. The summed E-state index contributed by atoms with van der Waals surface area (Å²) in [6, 6.07) is 12.0. The van der Waals surface area contributed by atoms with E-state index >= 15 is 0 Å². The van der Waals surface area contributed by atoms with Crippen molar-refractivity contribution in [3.05, 3.63) is 54.4 Å². The van der Waals surface area contributed by atoms with Crippen molar-refractivity contribution >= 4 is 11.8 Å². The zero-order valence-corrected chi connectivity index (χ0v) is 15.4. The number of hydrogen-bond donors (Lipinski definition) is 0. The van der Waals surface area contributed by atoms with Gasteiger partial charge in [-0.3, -0.25) is 4.98 Å². The predicted molar refractivity (Wildman–Crippen MR) is 98.9 cm³/mol. The highest BCUT2D eigenvalue weighted by atomic mass is 32.2. The number of benzene rings is 1. The molecular formula is C19H21N3O2S. The molecule has 0 N–H and O–H groups in total. The normalized spacial score (nSPS) is 11.5. The standard InChI is InChI=1S/C19H21N3O2S/c1-19(2,3)15-7-4-8-16(12-15)23-10-11-25-18-22-21-17(24-18)14-6-5-9-20-13-14/h4-9,12-13H,10-11H2,1-3H3. The first-order valence-corrected chi connectivity index (χ1v) is 9.11. The quantitative estimate of drug-likeness (QED) is 0.476. The van der Waals surface area contributed by atoms with Crippen molar-refractivity contribution in [1.29, 1.82) is 0 Å². The van der Waals surface area contributed by atoms with Gasteiger partial charge in [-0.05, 0) is 35.2 Å². The molecule has 0 aliphatic rings. The van der Waals surface area contributed by atoms with Crippen molar-refractivity contribution in [1.82, 2.24) is 15.2 Å². The first kappa shape index (κ1) is 17.5. The van der Waals surface area contributed by atoms with Gasteiger partial charge in [-0.1, -0.05) is 44.7 Å². The summed E-state index contributed by atoms with van der Waals surface area (Å²) in [5.41, 5.74) is 2.19. The maximum Gasteiger partial charge on any atom is 0.276 e. The van der Waals surface area contributed by atoms with Crippen LogP contribution >= 0.6 is 11.8 Å². The van der Waals surface area contributed by atoms with Crippen LogP contribution in [-0.4, -0.2) is 27.5 Å².